The van der Waals surface area contributed by atoms with Gasteiger partial charge in [-0.25, -0.2) is 0 Å². The van der Waals surface area contributed by atoms with E-state index in [9.17, 15) is 4.79 Å². The van der Waals surface area contributed by atoms with Gasteiger partial charge < -0.3 is 10.6 Å². The number of carbonyl (C=O) groups excluding carboxylic acids is 1. The molecule has 1 amide bonds. The van der Waals surface area contributed by atoms with E-state index in [0.717, 1.165) is 22.5 Å². The molecule has 0 spiro atoms. The molecule has 2 heterocycles. The van der Waals surface area contributed by atoms with Gasteiger partial charge in [0, 0.05) is 12.6 Å². The average Bonchev–Trinajstić information content (AvgIpc) is 3.02. The molecule has 8 nitrogen and oxygen atoms in total. The van der Waals surface area contributed by atoms with E-state index in [-0.39, 0.29) is 17.3 Å². The van der Waals surface area contributed by atoms with Gasteiger partial charge in [0.1, 0.15) is 11.6 Å². The maximum Gasteiger partial charge on any atom is 0.224 e. The number of rotatable bonds is 3. The molecule has 0 unspecified atom stereocenters. The molecular weight excluding hydrogens is 282 g/mol. The maximum absolute atomic E-state index is 11.6. The summed E-state index contributed by atoms with van der Waals surface area (Å²) < 4.78 is 0. The number of aromatic amines is 1. The number of anilines is 2. The molecule has 1 aliphatic heterocycles. The van der Waals surface area contributed by atoms with Crippen molar-refractivity contribution in [2.75, 3.05) is 10.6 Å². The number of tetrazole rings is 1. The van der Waals surface area contributed by atoms with Crippen LogP contribution in [-0.2, 0) is 11.2 Å². The van der Waals surface area contributed by atoms with Crippen LogP contribution in [0.2, 0.25) is 0 Å². The number of allylic oxidation sites excluding steroid dienone is 1. The van der Waals surface area contributed by atoms with Crippen LogP contribution in [0.5, 0.6) is 0 Å². The molecule has 2 aromatic rings. The van der Waals surface area contributed by atoms with Crippen LogP contribution in [0.25, 0.3) is 5.57 Å². The minimum atomic E-state index is -0.0120. The Labute approximate surface area is 126 Å². The second-order valence-corrected chi connectivity index (χ2v) is 4.94. The largest absolute Gasteiger partial charge is 0.359 e. The third kappa shape index (κ3) is 2.64. The second-order valence-electron chi connectivity index (χ2n) is 4.94. The average molecular weight is 295 g/mol. The molecule has 8 heteroatoms. The fraction of sp³-hybridized carbons (Fsp3) is 0.214. The Morgan fingerprint density at radius 3 is 3.05 bits per heavy atom. The third-order valence-corrected chi connectivity index (χ3v) is 3.33. The lowest BCUT2D eigenvalue weighted by atomic mass is 9.99. The van der Waals surface area contributed by atoms with Crippen molar-refractivity contribution in [3.8, 4) is 6.07 Å². The smallest absolute Gasteiger partial charge is 0.224 e. The second kappa shape index (κ2) is 5.65. The summed E-state index contributed by atoms with van der Waals surface area (Å²) in [6.45, 7) is 1.98. The molecule has 1 aromatic heterocycles. The van der Waals surface area contributed by atoms with Crippen molar-refractivity contribution in [2.24, 2.45) is 0 Å². The zero-order chi connectivity index (χ0) is 15.5. The fourth-order valence-corrected chi connectivity index (χ4v) is 2.34. The van der Waals surface area contributed by atoms with Gasteiger partial charge in [0.2, 0.25) is 11.7 Å². The predicted molar refractivity (Wildman–Crippen MR) is 79.5 cm³/mol. The third-order valence-electron chi connectivity index (χ3n) is 3.33. The van der Waals surface area contributed by atoms with Crippen LogP contribution in [0.15, 0.2) is 18.3 Å². The molecule has 0 bridgehead atoms. The Balaban J connectivity index is 1.94. The van der Waals surface area contributed by atoms with Gasteiger partial charge in [-0.2, -0.15) is 10.5 Å². The van der Waals surface area contributed by atoms with Crippen molar-refractivity contribution in [2.45, 2.75) is 19.8 Å². The molecular formula is C14H13N7O. The summed E-state index contributed by atoms with van der Waals surface area (Å²) in [5, 5.41) is 28.3. The van der Waals surface area contributed by atoms with Crippen molar-refractivity contribution in [3.05, 3.63) is 35.3 Å². The van der Waals surface area contributed by atoms with E-state index in [1.165, 1.54) is 6.20 Å². The standard InChI is InChI=1S/C14H13N7O/c1-8-4-9-2-3-12(22)17-13(9)11(5-8)16-7-10(6-15)14-18-20-21-19-14/h4-5,7,16H,2-3H2,1H3,(H,17,22)(H,18,19,20,21). The number of hydrogen-bond acceptors (Lipinski definition) is 6. The first-order chi connectivity index (χ1) is 10.7. The van der Waals surface area contributed by atoms with Crippen LogP contribution in [0.1, 0.15) is 23.4 Å². The summed E-state index contributed by atoms with van der Waals surface area (Å²) in [6.07, 6.45) is 2.69. The molecule has 1 aromatic carbocycles. The summed E-state index contributed by atoms with van der Waals surface area (Å²) >= 11 is 0. The molecule has 0 radical (unpaired) electrons. The van der Waals surface area contributed by atoms with Gasteiger partial charge in [-0.1, -0.05) is 6.07 Å². The fourth-order valence-electron chi connectivity index (χ4n) is 2.34. The Morgan fingerprint density at radius 2 is 2.32 bits per heavy atom. The minimum absolute atomic E-state index is 0.0120. The molecule has 110 valence electrons. The highest BCUT2D eigenvalue weighted by Crippen LogP contribution is 2.32. The zero-order valence-electron chi connectivity index (χ0n) is 11.8. The van der Waals surface area contributed by atoms with Crippen molar-refractivity contribution >= 4 is 22.9 Å². The van der Waals surface area contributed by atoms with Crippen LogP contribution in [0, 0.1) is 18.3 Å². The molecule has 0 fully saturated rings. The molecule has 3 rings (SSSR count). The van der Waals surface area contributed by atoms with E-state index in [1.54, 1.807) is 0 Å². The first-order valence-electron chi connectivity index (χ1n) is 6.71. The lowest BCUT2D eigenvalue weighted by molar-refractivity contribution is -0.116. The summed E-state index contributed by atoms with van der Waals surface area (Å²) in [4.78, 5) is 11.6. The highest BCUT2D eigenvalue weighted by atomic mass is 16.1. The predicted octanol–water partition coefficient (Wildman–Crippen LogP) is 1.37. The van der Waals surface area contributed by atoms with Gasteiger partial charge in [-0.05, 0) is 35.8 Å². The minimum Gasteiger partial charge on any atom is -0.359 e. The van der Waals surface area contributed by atoms with Crippen molar-refractivity contribution in [1.29, 1.82) is 5.26 Å². The maximum atomic E-state index is 11.6. The number of amides is 1. The highest BCUT2D eigenvalue weighted by molar-refractivity contribution is 5.98. The first kappa shape index (κ1) is 13.8. The van der Waals surface area contributed by atoms with Crippen LogP contribution >= 0.6 is 0 Å². The summed E-state index contributed by atoms with van der Waals surface area (Å²) in [5.74, 6) is 0.197. The Kier molecular flexibility index (Phi) is 3.53. The Bertz CT molecular complexity index is 786. The molecule has 3 N–H and O–H groups in total. The number of aromatic nitrogens is 4. The number of nitriles is 1. The summed E-state index contributed by atoms with van der Waals surface area (Å²) in [6, 6.07) is 5.96. The molecule has 0 aliphatic carbocycles. The molecule has 0 saturated heterocycles. The number of hydrogen-bond donors (Lipinski definition) is 3. The molecule has 22 heavy (non-hydrogen) atoms. The number of nitrogens with zero attached hydrogens (tertiary/aromatic N) is 4. The lowest BCUT2D eigenvalue weighted by Crippen LogP contribution is -2.20. The zero-order valence-corrected chi connectivity index (χ0v) is 11.8. The number of nitrogens with one attached hydrogen (secondary N) is 3. The van der Waals surface area contributed by atoms with Gasteiger partial charge in [0.25, 0.3) is 0 Å². The van der Waals surface area contributed by atoms with Crippen LogP contribution in [0.3, 0.4) is 0 Å². The van der Waals surface area contributed by atoms with E-state index >= 15 is 0 Å². The number of fused-ring (bicyclic) bond motifs is 1. The van der Waals surface area contributed by atoms with E-state index in [0.29, 0.717) is 12.8 Å². The molecule has 1 aliphatic rings. The number of aryl methyl sites for hydroxylation is 2. The van der Waals surface area contributed by atoms with Gasteiger partial charge in [-0.15, -0.1) is 10.2 Å². The van der Waals surface area contributed by atoms with Gasteiger partial charge >= 0.3 is 0 Å². The SMILES string of the molecule is Cc1cc2c(c(NC=C(C#N)c3nn[nH]n3)c1)NC(=O)CC2. The normalized spacial score (nSPS) is 14.0. The number of benzene rings is 1. The van der Waals surface area contributed by atoms with Gasteiger partial charge in [0.05, 0.1) is 11.4 Å². The van der Waals surface area contributed by atoms with E-state index < -0.39 is 0 Å². The first-order valence-corrected chi connectivity index (χ1v) is 6.71. The van der Waals surface area contributed by atoms with Crippen LogP contribution < -0.4 is 10.6 Å². The van der Waals surface area contributed by atoms with E-state index in [4.69, 9.17) is 5.26 Å². The topological polar surface area (TPSA) is 119 Å². The molecule has 0 saturated carbocycles. The Morgan fingerprint density at radius 1 is 1.45 bits per heavy atom. The summed E-state index contributed by atoms with van der Waals surface area (Å²) in [5.41, 5.74) is 3.88. The summed E-state index contributed by atoms with van der Waals surface area (Å²) in [7, 11) is 0. The van der Waals surface area contributed by atoms with Gasteiger partial charge in [-0.3, -0.25) is 4.79 Å². The van der Waals surface area contributed by atoms with Crippen LogP contribution in [0.4, 0.5) is 11.4 Å². The number of H-pyrrole nitrogens is 1. The molecule has 0 atom stereocenters. The van der Waals surface area contributed by atoms with Crippen molar-refractivity contribution < 1.29 is 4.79 Å². The number of carbonyl (C=O) groups is 1. The Hall–Kier alpha value is -3.21. The van der Waals surface area contributed by atoms with Gasteiger partial charge in [0.15, 0.2) is 0 Å². The van der Waals surface area contributed by atoms with Crippen molar-refractivity contribution in [1.82, 2.24) is 20.6 Å². The van der Waals surface area contributed by atoms with Crippen molar-refractivity contribution in [3.63, 3.8) is 0 Å². The highest BCUT2D eigenvalue weighted by Gasteiger charge is 2.18. The van der Waals surface area contributed by atoms with E-state index in [1.807, 2.05) is 25.1 Å². The van der Waals surface area contributed by atoms with Crippen LogP contribution in [-0.4, -0.2) is 26.5 Å². The monoisotopic (exact) mass is 295 g/mol. The quantitative estimate of drug-likeness (QED) is 0.736. The lowest BCUT2D eigenvalue weighted by Gasteiger charge is -2.21. The van der Waals surface area contributed by atoms with E-state index in [2.05, 4.69) is 31.3 Å².